The summed E-state index contributed by atoms with van der Waals surface area (Å²) in [5, 5.41) is 9.08. The normalized spacial score (nSPS) is 22.8. The summed E-state index contributed by atoms with van der Waals surface area (Å²) in [6, 6.07) is 8.72. The predicted molar refractivity (Wildman–Crippen MR) is 101 cm³/mol. The van der Waals surface area contributed by atoms with Gasteiger partial charge in [0.2, 0.25) is 0 Å². The van der Waals surface area contributed by atoms with Crippen LogP contribution in [0.3, 0.4) is 0 Å². The molecule has 0 aliphatic heterocycles. The van der Waals surface area contributed by atoms with Gasteiger partial charge in [-0.2, -0.15) is 5.26 Å². The first-order valence-electron chi connectivity index (χ1n) is 11.1. The molecule has 2 aromatic rings. The fourth-order valence-corrected chi connectivity index (χ4v) is 3.65. The van der Waals surface area contributed by atoms with E-state index in [1.807, 2.05) is 24.3 Å². The summed E-state index contributed by atoms with van der Waals surface area (Å²) in [5.74, 6) is 1.74. The Morgan fingerprint density at radius 3 is 2.17 bits per heavy atom. The number of rotatable bonds is 5. The van der Waals surface area contributed by atoms with Crippen LogP contribution in [0.4, 0.5) is 0 Å². The minimum absolute atomic E-state index is 0.155. The molecule has 1 nitrogen and oxygen atoms in total. The summed E-state index contributed by atoms with van der Waals surface area (Å²) in [7, 11) is 0. The van der Waals surface area contributed by atoms with Gasteiger partial charge in [-0.1, -0.05) is 75.4 Å². The summed E-state index contributed by atoms with van der Waals surface area (Å²) in [4.78, 5) is 0. The zero-order valence-corrected chi connectivity index (χ0v) is 14.4. The maximum absolute atomic E-state index is 9.08. The third kappa shape index (κ3) is 4.26. The lowest BCUT2D eigenvalue weighted by Crippen LogP contribution is -2.14. The molecule has 1 saturated carbocycles. The first-order valence-corrected chi connectivity index (χ1v) is 9.06. The molecule has 3 rings (SSSR count). The molecule has 0 unspecified atom stereocenters. The van der Waals surface area contributed by atoms with E-state index in [4.69, 9.17) is 10.7 Å². The van der Waals surface area contributed by atoms with Crippen LogP contribution in [0.15, 0.2) is 48.4 Å². The van der Waals surface area contributed by atoms with Crippen molar-refractivity contribution in [3.8, 4) is 17.2 Å². The highest BCUT2D eigenvalue weighted by Gasteiger charge is 2.19. The van der Waals surface area contributed by atoms with E-state index in [0.717, 1.165) is 18.3 Å². The molecule has 0 bridgehead atoms. The van der Waals surface area contributed by atoms with E-state index in [2.05, 4.69) is 6.92 Å². The molecule has 0 aromatic heterocycles. The van der Waals surface area contributed by atoms with Crippen LogP contribution in [0.1, 0.15) is 62.1 Å². The molecule has 0 amide bonds. The smallest absolute Gasteiger partial charge is 0.0991 e. The van der Waals surface area contributed by atoms with Crippen LogP contribution in [0.5, 0.6) is 0 Å². The van der Waals surface area contributed by atoms with Gasteiger partial charge < -0.3 is 0 Å². The third-order valence-electron chi connectivity index (χ3n) is 5.36. The molecule has 0 atom stereocenters. The van der Waals surface area contributed by atoms with Gasteiger partial charge in [0.25, 0.3) is 0 Å². The summed E-state index contributed by atoms with van der Waals surface area (Å²) in [5.41, 5.74) is 1.96. The lowest BCUT2D eigenvalue weighted by atomic mass is 9.78. The van der Waals surface area contributed by atoms with Crippen molar-refractivity contribution in [3.05, 3.63) is 59.6 Å². The quantitative estimate of drug-likeness (QED) is 0.627. The Labute approximate surface area is 152 Å². The van der Waals surface area contributed by atoms with E-state index in [-0.39, 0.29) is 35.3 Å². The SMILES string of the molecule is [2H]c1c([2H])c(-c2ccc(CCC3CCC(CC)CC3)cc2)c([2H])c([2H])c1C#N. The van der Waals surface area contributed by atoms with Gasteiger partial charge in [-0.05, 0) is 53.5 Å². The van der Waals surface area contributed by atoms with Gasteiger partial charge in [-0.15, -0.1) is 0 Å². The molecule has 0 N–H and O–H groups in total. The zero-order valence-electron chi connectivity index (χ0n) is 18.4. The number of aryl methyl sites for hydroxylation is 1. The Hall–Kier alpha value is -2.07. The summed E-state index contributed by atoms with van der Waals surface area (Å²) in [6.45, 7) is 2.29. The standard InChI is InChI=1S/C23H27N/c1-2-18-3-5-19(6-4-18)7-8-20-9-13-22(14-10-20)23-15-11-21(17-24)12-16-23/h9-16,18-19H,2-8H2,1H3/i11D,12D,15D,16D. The van der Waals surface area contributed by atoms with Crippen molar-refractivity contribution >= 4 is 0 Å². The summed E-state index contributed by atoms with van der Waals surface area (Å²) in [6.07, 6.45) is 8.94. The van der Waals surface area contributed by atoms with Crippen LogP contribution >= 0.6 is 0 Å². The maximum atomic E-state index is 9.08. The second-order valence-electron chi connectivity index (χ2n) is 6.89. The molecule has 24 heavy (non-hydrogen) atoms. The molecule has 1 heteroatoms. The highest BCUT2D eigenvalue weighted by Crippen LogP contribution is 2.33. The second-order valence-corrected chi connectivity index (χ2v) is 6.89. The van der Waals surface area contributed by atoms with E-state index in [1.54, 1.807) is 6.07 Å². The van der Waals surface area contributed by atoms with E-state index < -0.39 is 0 Å². The predicted octanol–water partition coefficient (Wildman–Crippen LogP) is 6.37. The maximum Gasteiger partial charge on any atom is 0.0991 e. The van der Waals surface area contributed by atoms with Crippen LogP contribution < -0.4 is 0 Å². The van der Waals surface area contributed by atoms with Gasteiger partial charge in [-0.25, -0.2) is 0 Å². The van der Waals surface area contributed by atoms with Crippen LogP contribution in [0.25, 0.3) is 11.1 Å². The van der Waals surface area contributed by atoms with Crippen molar-refractivity contribution in [2.45, 2.75) is 51.9 Å². The molecule has 1 fully saturated rings. The molecule has 2 aromatic carbocycles. The fourth-order valence-electron chi connectivity index (χ4n) is 3.65. The van der Waals surface area contributed by atoms with Crippen molar-refractivity contribution in [1.29, 1.82) is 5.26 Å². The molecule has 1 aliphatic rings. The van der Waals surface area contributed by atoms with Crippen molar-refractivity contribution < 1.29 is 5.48 Å². The minimum atomic E-state index is -0.273. The number of nitriles is 1. The largest absolute Gasteiger partial charge is 0.192 e. The van der Waals surface area contributed by atoms with Gasteiger partial charge in [0, 0.05) is 0 Å². The van der Waals surface area contributed by atoms with Crippen molar-refractivity contribution in [2.75, 3.05) is 0 Å². The van der Waals surface area contributed by atoms with E-state index >= 15 is 0 Å². The Kier molecular flexibility index (Phi) is 4.18. The van der Waals surface area contributed by atoms with Crippen molar-refractivity contribution in [3.63, 3.8) is 0 Å². The van der Waals surface area contributed by atoms with E-state index in [1.165, 1.54) is 44.1 Å². The minimum Gasteiger partial charge on any atom is -0.192 e. The highest BCUT2D eigenvalue weighted by atomic mass is 14.3. The number of hydrogen-bond acceptors (Lipinski definition) is 1. The molecular weight excluding hydrogens is 290 g/mol. The summed E-state index contributed by atoms with van der Waals surface area (Å²) >= 11 is 0. The lowest BCUT2D eigenvalue weighted by Gasteiger charge is -2.27. The van der Waals surface area contributed by atoms with Crippen molar-refractivity contribution in [1.82, 2.24) is 0 Å². The van der Waals surface area contributed by atoms with E-state index in [9.17, 15) is 0 Å². The zero-order chi connectivity index (χ0) is 20.3. The molecular formula is C23H27N. The first-order chi connectivity index (χ1) is 13.5. The van der Waals surface area contributed by atoms with Crippen LogP contribution in [-0.4, -0.2) is 0 Å². The average molecular weight is 322 g/mol. The lowest BCUT2D eigenvalue weighted by molar-refractivity contribution is 0.259. The van der Waals surface area contributed by atoms with Gasteiger partial charge in [0.15, 0.2) is 0 Å². The highest BCUT2D eigenvalue weighted by molar-refractivity contribution is 5.64. The molecule has 0 spiro atoms. The second kappa shape index (κ2) is 8.15. The molecule has 0 heterocycles. The summed E-state index contributed by atoms with van der Waals surface area (Å²) < 4.78 is 32.3. The average Bonchev–Trinajstić information content (AvgIpc) is 2.73. The third-order valence-corrected chi connectivity index (χ3v) is 5.36. The Balaban J connectivity index is 1.73. The van der Waals surface area contributed by atoms with Gasteiger partial charge in [0.1, 0.15) is 0 Å². The molecule has 124 valence electrons. The van der Waals surface area contributed by atoms with Crippen LogP contribution in [0, 0.1) is 23.2 Å². The number of nitrogens with zero attached hydrogens (tertiary/aromatic N) is 1. The van der Waals surface area contributed by atoms with Gasteiger partial charge in [0.05, 0.1) is 17.1 Å². The van der Waals surface area contributed by atoms with Crippen molar-refractivity contribution in [2.24, 2.45) is 11.8 Å². The topological polar surface area (TPSA) is 23.8 Å². The van der Waals surface area contributed by atoms with Crippen LogP contribution in [0.2, 0.25) is 0 Å². The Bertz CT molecular complexity index is 846. The Morgan fingerprint density at radius 1 is 0.958 bits per heavy atom. The Morgan fingerprint density at radius 2 is 1.58 bits per heavy atom. The van der Waals surface area contributed by atoms with Crippen LogP contribution in [-0.2, 0) is 6.42 Å². The first kappa shape index (κ1) is 12.3. The van der Waals surface area contributed by atoms with Gasteiger partial charge in [-0.3, -0.25) is 0 Å². The fraction of sp³-hybridized carbons (Fsp3) is 0.435. The van der Waals surface area contributed by atoms with E-state index in [0.29, 0.717) is 5.56 Å². The van der Waals surface area contributed by atoms with Gasteiger partial charge >= 0.3 is 0 Å². The molecule has 0 radical (unpaired) electrons. The molecule has 0 saturated heterocycles. The monoisotopic (exact) mass is 321 g/mol. The number of hydrogen-bond donors (Lipinski definition) is 0. The number of benzene rings is 2. The molecule has 1 aliphatic carbocycles.